The second-order valence-corrected chi connectivity index (χ2v) is 5.64. The summed E-state index contributed by atoms with van der Waals surface area (Å²) in [7, 11) is 0. The van der Waals surface area contributed by atoms with Crippen LogP contribution in [0.4, 0.5) is 0 Å². The summed E-state index contributed by atoms with van der Waals surface area (Å²) in [6.45, 7) is 5.15. The highest BCUT2D eigenvalue weighted by molar-refractivity contribution is 7.18. The van der Waals surface area contributed by atoms with Crippen molar-refractivity contribution in [2.75, 3.05) is 6.54 Å². The molecule has 0 bridgehead atoms. The van der Waals surface area contributed by atoms with E-state index in [1.165, 1.54) is 4.70 Å². The highest BCUT2D eigenvalue weighted by Crippen LogP contribution is 2.21. The molecule has 1 aromatic carbocycles. The van der Waals surface area contributed by atoms with Gasteiger partial charge in [0.25, 0.3) is 0 Å². The van der Waals surface area contributed by atoms with E-state index in [4.69, 9.17) is 0 Å². The summed E-state index contributed by atoms with van der Waals surface area (Å²) in [4.78, 5) is 4.53. The van der Waals surface area contributed by atoms with E-state index in [9.17, 15) is 5.11 Å². The summed E-state index contributed by atoms with van der Waals surface area (Å²) in [5.74, 6) is 0. The molecule has 0 spiro atoms. The van der Waals surface area contributed by atoms with Gasteiger partial charge in [-0.25, -0.2) is 4.98 Å². The number of hydrogen-bond donors (Lipinski definition) is 2. The number of benzene rings is 1. The largest absolute Gasteiger partial charge is 0.389 e. The molecule has 0 aliphatic carbocycles. The van der Waals surface area contributed by atoms with Crippen LogP contribution in [-0.4, -0.2) is 22.2 Å². The first kappa shape index (κ1) is 12.5. The number of aromatic nitrogens is 1. The van der Waals surface area contributed by atoms with Crippen LogP contribution in [0.3, 0.4) is 0 Å². The molecule has 0 radical (unpaired) electrons. The van der Waals surface area contributed by atoms with Crippen LogP contribution in [0.25, 0.3) is 10.2 Å². The third-order valence-corrected chi connectivity index (χ3v) is 3.92. The van der Waals surface area contributed by atoms with E-state index < -0.39 is 5.60 Å². The van der Waals surface area contributed by atoms with Gasteiger partial charge in [-0.15, -0.1) is 11.3 Å². The lowest BCUT2D eigenvalue weighted by Gasteiger charge is -2.21. The summed E-state index contributed by atoms with van der Waals surface area (Å²) in [6.07, 6.45) is 0.750. The first-order valence-corrected chi connectivity index (χ1v) is 6.70. The van der Waals surface area contributed by atoms with Gasteiger partial charge in [0, 0.05) is 13.1 Å². The molecule has 1 heterocycles. The van der Waals surface area contributed by atoms with Gasteiger partial charge in [-0.3, -0.25) is 0 Å². The summed E-state index contributed by atoms with van der Waals surface area (Å²) in [6, 6.07) is 8.14. The second kappa shape index (κ2) is 5.12. The van der Waals surface area contributed by atoms with E-state index in [-0.39, 0.29) is 0 Å². The van der Waals surface area contributed by atoms with Gasteiger partial charge in [-0.1, -0.05) is 19.1 Å². The molecule has 0 saturated heterocycles. The van der Waals surface area contributed by atoms with Crippen molar-refractivity contribution in [2.24, 2.45) is 0 Å². The number of nitrogens with one attached hydrogen (secondary N) is 1. The Morgan fingerprint density at radius 2 is 2.18 bits per heavy atom. The number of fused-ring (bicyclic) bond motifs is 1. The molecule has 1 atom stereocenters. The molecule has 3 nitrogen and oxygen atoms in total. The van der Waals surface area contributed by atoms with Crippen LogP contribution in [0, 0.1) is 0 Å². The Bertz CT molecular complexity index is 460. The van der Waals surface area contributed by atoms with Crippen LogP contribution in [0.5, 0.6) is 0 Å². The van der Waals surface area contributed by atoms with Gasteiger partial charge < -0.3 is 10.4 Å². The number of thiazole rings is 1. The van der Waals surface area contributed by atoms with E-state index in [0.717, 1.165) is 23.5 Å². The van der Waals surface area contributed by atoms with Gasteiger partial charge in [0.15, 0.2) is 0 Å². The Morgan fingerprint density at radius 3 is 2.88 bits per heavy atom. The van der Waals surface area contributed by atoms with E-state index in [0.29, 0.717) is 6.54 Å². The third-order valence-electron chi connectivity index (χ3n) is 2.88. The van der Waals surface area contributed by atoms with Crippen molar-refractivity contribution in [3.63, 3.8) is 0 Å². The fraction of sp³-hybridized carbons (Fsp3) is 0.462. The molecule has 4 heteroatoms. The minimum atomic E-state index is -0.628. The zero-order valence-electron chi connectivity index (χ0n) is 10.2. The molecule has 17 heavy (non-hydrogen) atoms. The maximum absolute atomic E-state index is 9.86. The van der Waals surface area contributed by atoms with E-state index in [1.54, 1.807) is 11.3 Å². The van der Waals surface area contributed by atoms with Crippen molar-refractivity contribution < 1.29 is 5.11 Å². The first-order valence-electron chi connectivity index (χ1n) is 5.88. The van der Waals surface area contributed by atoms with Crippen molar-refractivity contribution in [2.45, 2.75) is 32.4 Å². The quantitative estimate of drug-likeness (QED) is 0.857. The minimum Gasteiger partial charge on any atom is -0.389 e. The Balaban J connectivity index is 1.95. The Morgan fingerprint density at radius 1 is 1.41 bits per heavy atom. The highest BCUT2D eigenvalue weighted by Gasteiger charge is 2.16. The fourth-order valence-corrected chi connectivity index (χ4v) is 2.50. The average Bonchev–Trinajstić information content (AvgIpc) is 2.71. The lowest BCUT2D eigenvalue weighted by Crippen LogP contribution is -2.36. The van der Waals surface area contributed by atoms with Gasteiger partial charge in [0.1, 0.15) is 5.01 Å². The van der Waals surface area contributed by atoms with Crippen molar-refractivity contribution in [3.05, 3.63) is 29.3 Å². The molecule has 0 aliphatic heterocycles. The van der Waals surface area contributed by atoms with Crippen molar-refractivity contribution in [3.8, 4) is 0 Å². The monoisotopic (exact) mass is 250 g/mol. The van der Waals surface area contributed by atoms with Gasteiger partial charge in [0.2, 0.25) is 0 Å². The molecule has 2 rings (SSSR count). The number of aliphatic hydroxyl groups is 1. The Kier molecular flexibility index (Phi) is 3.76. The molecule has 0 saturated carbocycles. The molecule has 1 unspecified atom stereocenters. The SMILES string of the molecule is CCC(C)(O)CNCc1nc2ccccc2s1. The number of rotatable bonds is 5. The number of nitrogens with zero attached hydrogens (tertiary/aromatic N) is 1. The molecule has 2 N–H and O–H groups in total. The maximum atomic E-state index is 9.86. The summed E-state index contributed by atoms with van der Waals surface area (Å²) < 4.78 is 1.21. The van der Waals surface area contributed by atoms with Gasteiger partial charge >= 0.3 is 0 Å². The lowest BCUT2D eigenvalue weighted by molar-refractivity contribution is 0.0555. The molecule has 0 fully saturated rings. The minimum absolute atomic E-state index is 0.597. The van der Waals surface area contributed by atoms with Crippen molar-refractivity contribution in [1.29, 1.82) is 0 Å². The molecule has 92 valence electrons. The molecule has 2 aromatic rings. The molecule has 1 aromatic heterocycles. The number of hydrogen-bond acceptors (Lipinski definition) is 4. The zero-order chi connectivity index (χ0) is 12.3. The van der Waals surface area contributed by atoms with Crippen LogP contribution in [0.15, 0.2) is 24.3 Å². The predicted molar refractivity (Wildman–Crippen MR) is 72.2 cm³/mol. The molecule has 0 aliphatic rings. The molecular formula is C13H18N2OS. The standard InChI is InChI=1S/C13H18N2OS/c1-3-13(2,16)9-14-8-12-15-10-6-4-5-7-11(10)17-12/h4-7,14,16H,3,8-9H2,1-2H3. The van der Waals surface area contributed by atoms with Crippen LogP contribution in [0.1, 0.15) is 25.3 Å². The highest BCUT2D eigenvalue weighted by atomic mass is 32.1. The van der Waals surface area contributed by atoms with Gasteiger partial charge in [-0.2, -0.15) is 0 Å². The van der Waals surface area contributed by atoms with Crippen LogP contribution in [-0.2, 0) is 6.54 Å². The van der Waals surface area contributed by atoms with E-state index >= 15 is 0 Å². The first-order chi connectivity index (χ1) is 8.11. The summed E-state index contributed by atoms with van der Waals surface area (Å²) in [5, 5.41) is 14.2. The van der Waals surface area contributed by atoms with Crippen LogP contribution >= 0.6 is 11.3 Å². The van der Waals surface area contributed by atoms with Gasteiger partial charge in [0.05, 0.1) is 15.8 Å². The van der Waals surface area contributed by atoms with Crippen molar-refractivity contribution >= 4 is 21.6 Å². The summed E-state index contributed by atoms with van der Waals surface area (Å²) in [5.41, 5.74) is 0.424. The normalized spacial score (nSPS) is 15.0. The number of para-hydroxylation sites is 1. The van der Waals surface area contributed by atoms with E-state index in [1.807, 2.05) is 32.0 Å². The smallest absolute Gasteiger partial charge is 0.108 e. The van der Waals surface area contributed by atoms with Gasteiger partial charge in [-0.05, 0) is 25.5 Å². The van der Waals surface area contributed by atoms with Crippen LogP contribution < -0.4 is 5.32 Å². The second-order valence-electron chi connectivity index (χ2n) is 4.53. The average molecular weight is 250 g/mol. The summed E-state index contributed by atoms with van der Waals surface area (Å²) >= 11 is 1.70. The zero-order valence-corrected chi connectivity index (χ0v) is 11.0. The Hall–Kier alpha value is -0.970. The maximum Gasteiger partial charge on any atom is 0.108 e. The Labute approximate surface area is 106 Å². The third kappa shape index (κ3) is 3.25. The predicted octanol–water partition coefficient (Wildman–Crippen LogP) is 2.55. The van der Waals surface area contributed by atoms with E-state index in [2.05, 4.69) is 16.4 Å². The molecule has 0 amide bonds. The lowest BCUT2D eigenvalue weighted by atomic mass is 10.0. The fourth-order valence-electron chi connectivity index (χ4n) is 1.56. The van der Waals surface area contributed by atoms with Crippen LogP contribution in [0.2, 0.25) is 0 Å². The van der Waals surface area contributed by atoms with Crippen molar-refractivity contribution in [1.82, 2.24) is 10.3 Å². The molecular weight excluding hydrogens is 232 g/mol. The topological polar surface area (TPSA) is 45.1 Å².